The first-order chi connectivity index (χ1) is 9.83. The third-order valence-electron chi connectivity index (χ3n) is 3.68. The van der Waals surface area contributed by atoms with Crippen LogP contribution in [0.4, 0.5) is 0 Å². The van der Waals surface area contributed by atoms with Crippen molar-refractivity contribution < 1.29 is 9.84 Å². The Morgan fingerprint density at radius 3 is 2.45 bits per heavy atom. The van der Waals surface area contributed by atoms with E-state index in [0.29, 0.717) is 5.75 Å². The zero-order chi connectivity index (χ0) is 13.8. The Kier molecular flexibility index (Phi) is 4.00. The fraction of sp³-hybridized carbons (Fsp3) is 0.294. The third-order valence-corrected chi connectivity index (χ3v) is 3.68. The Bertz CT molecular complexity index is 562. The minimum absolute atomic E-state index is 0.371. The molecule has 1 aliphatic heterocycles. The first-order valence-corrected chi connectivity index (χ1v) is 7.00. The predicted octanol–water partition coefficient (Wildman–Crippen LogP) is 2.89. The second-order valence-corrected chi connectivity index (χ2v) is 5.10. The maximum atomic E-state index is 10.1. The van der Waals surface area contributed by atoms with E-state index in [-0.39, 0.29) is 0 Å². The summed E-state index contributed by atoms with van der Waals surface area (Å²) in [4.78, 5) is 2.31. The average Bonchev–Trinajstić information content (AvgIpc) is 2.51. The van der Waals surface area contributed by atoms with Gasteiger partial charge in [0.1, 0.15) is 5.75 Å². The minimum atomic E-state index is 0.371. The zero-order valence-corrected chi connectivity index (χ0v) is 11.5. The number of benzene rings is 2. The second kappa shape index (κ2) is 6.07. The molecule has 0 aromatic heterocycles. The standard InChI is InChI=1S/C17H19NO2/c19-17-7-6-15(14-4-2-1-3-5-14)12-16(17)13-18-8-10-20-11-9-18/h1-7,12,19H,8-11,13H2. The van der Waals surface area contributed by atoms with Gasteiger partial charge in [-0.25, -0.2) is 0 Å². The number of nitrogens with zero attached hydrogens (tertiary/aromatic N) is 1. The van der Waals surface area contributed by atoms with E-state index in [2.05, 4.69) is 23.1 Å². The van der Waals surface area contributed by atoms with Crippen molar-refractivity contribution in [1.29, 1.82) is 0 Å². The molecule has 1 aliphatic rings. The number of phenols is 1. The van der Waals surface area contributed by atoms with Crippen LogP contribution in [0.25, 0.3) is 11.1 Å². The molecule has 104 valence electrons. The first kappa shape index (κ1) is 13.2. The topological polar surface area (TPSA) is 32.7 Å². The lowest BCUT2D eigenvalue weighted by atomic mass is 10.0. The van der Waals surface area contributed by atoms with Gasteiger partial charge >= 0.3 is 0 Å². The number of phenolic OH excluding ortho intramolecular Hbond substituents is 1. The highest BCUT2D eigenvalue weighted by Gasteiger charge is 2.13. The van der Waals surface area contributed by atoms with E-state index in [1.165, 1.54) is 5.56 Å². The molecule has 0 atom stereocenters. The molecule has 3 heteroatoms. The molecule has 0 spiro atoms. The summed E-state index contributed by atoms with van der Waals surface area (Å²) in [5.41, 5.74) is 3.30. The van der Waals surface area contributed by atoms with Crippen LogP contribution in [0.5, 0.6) is 5.75 Å². The van der Waals surface area contributed by atoms with Crippen LogP contribution in [0.15, 0.2) is 48.5 Å². The molecule has 3 rings (SSSR count). The fourth-order valence-corrected chi connectivity index (χ4v) is 2.52. The third kappa shape index (κ3) is 3.00. The molecule has 1 saturated heterocycles. The molecule has 1 fully saturated rings. The monoisotopic (exact) mass is 269 g/mol. The molecule has 0 amide bonds. The van der Waals surface area contributed by atoms with Crippen molar-refractivity contribution in [3.63, 3.8) is 0 Å². The summed E-state index contributed by atoms with van der Waals surface area (Å²) >= 11 is 0. The van der Waals surface area contributed by atoms with Crippen molar-refractivity contribution in [3.05, 3.63) is 54.1 Å². The molecule has 0 saturated carbocycles. The van der Waals surface area contributed by atoms with Crippen LogP contribution in [0.3, 0.4) is 0 Å². The summed E-state index contributed by atoms with van der Waals surface area (Å²) < 4.78 is 5.36. The van der Waals surface area contributed by atoms with E-state index in [1.807, 2.05) is 24.3 Å². The van der Waals surface area contributed by atoms with Crippen LogP contribution < -0.4 is 0 Å². The van der Waals surface area contributed by atoms with Gasteiger partial charge in [-0.1, -0.05) is 36.4 Å². The van der Waals surface area contributed by atoms with Crippen LogP contribution in [-0.2, 0) is 11.3 Å². The molecular weight excluding hydrogens is 250 g/mol. The van der Waals surface area contributed by atoms with Crippen LogP contribution in [0, 0.1) is 0 Å². The Hall–Kier alpha value is -1.84. The predicted molar refractivity (Wildman–Crippen MR) is 79.6 cm³/mol. The van der Waals surface area contributed by atoms with Crippen LogP contribution >= 0.6 is 0 Å². The van der Waals surface area contributed by atoms with Crippen molar-refractivity contribution in [3.8, 4) is 16.9 Å². The second-order valence-electron chi connectivity index (χ2n) is 5.10. The summed E-state index contributed by atoms with van der Waals surface area (Å²) in [6, 6.07) is 16.1. The quantitative estimate of drug-likeness (QED) is 0.930. The van der Waals surface area contributed by atoms with Gasteiger partial charge in [-0.3, -0.25) is 4.90 Å². The summed E-state index contributed by atoms with van der Waals surface area (Å²) in [6.07, 6.45) is 0. The molecule has 2 aromatic rings. The Labute approximate surface area is 119 Å². The van der Waals surface area contributed by atoms with Gasteiger partial charge < -0.3 is 9.84 Å². The van der Waals surface area contributed by atoms with Gasteiger partial charge in [-0.05, 0) is 23.3 Å². The molecule has 0 unspecified atom stereocenters. The molecule has 0 bridgehead atoms. The average molecular weight is 269 g/mol. The van der Waals surface area contributed by atoms with Gasteiger partial charge in [0.25, 0.3) is 0 Å². The molecular formula is C17H19NO2. The van der Waals surface area contributed by atoms with Crippen molar-refractivity contribution in [2.24, 2.45) is 0 Å². The number of ether oxygens (including phenoxy) is 1. The molecule has 0 radical (unpaired) electrons. The van der Waals surface area contributed by atoms with Crippen molar-refractivity contribution in [2.45, 2.75) is 6.54 Å². The van der Waals surface area contributed by atoms with Gasteiger partial charge in [0.15, 0.2) is 0 Å². The van der Waals surface area contributed by atoms with E-state index in [4.69, 9.17) is 4.74 Å². The maximum absolute atomic E-state index is 10.1. The van der Waals surface area contributed by atoms with E-state index in [1.54, 1.807) is 6.07 Å². The lowest BCUT2D eigenvalue weighted by Gasteiger charge is -2.27. The highest BCUT2D eigenvalue weighted by atomic mass is 16.5. The number of rotatable bonds is 3. The summed E-state index contributed by atoms with van der Waals surface area (Å²) in [6.45, 7) is 4.18. The fourth-order valence-electron chi connectivity index (χ4n) is 2.52. The lowest BCUT2D eigenvalue weighted by Crippen LogP contribution is -2.35. The van der Waals surface area contributed by atoms with Gasteiger partial charge in [-0.2, -0.15) is 0 Å². The number of hydrogen-bond donors (Lipinski definition) is 1. The normalized spacial score (nSPS) is 16.2. The molecule has 1 N–H and O–H groups in total. The van der Waals surface area contributed by atoms with Crippen LogP contribution in [0.2, 0.25) is 0 Å². The maximum Gasteiger partial charge on any atom is 0.120 e. The number of aromatic hydroxyl groups is 1. The summed E-state index contributed by atoms with van der Waals surface area (Å²) in [5.74, 6) is 0.371. The number of hydrogen-bond acceptors (Lipinski definition) is 3. The van der Waals surface area contributed by atoms with Gasteiger partial charge in [0.05, 0.1) is 13.2 Å². The van der Waals surface area contributed by atoms with Crippen molar-refractivity contribution in [2.75, 3.05) is 26.3 Å². The Balaban J connectivity index is 1.83. The first-order valence-electron chi connectivity index (χ1n) is 7.00. The number of morpholine rings is 1. The molecule has 20 heavy (non-hydrogen) atoms. The van der Waals surface area contributed by atoms with Crippen LogP contribution in [-0.4, -0.2) is 36.3 Å². The zero-order valence-electron chi connectivity index (χ0n) is 11.5. The molecule has 2 aromatic carbocycles. The van der Waals surface area contributed by atoms with E-state index in [0.717, 1.165) is 44.0 Å². The Morgan fingerprint density at radius 1 is 0.950 bits per heavy atom. The largest absolute Gasteiger partial charge is 0.508 e. The molecule has 0 aliphatic carbocycles. The highest BCUT2D eigenvalue weighted by Crippen LogP contribution is 2.27. The summed E-state index contributed by atoms with van der Waals surface area (Å²) in [7, 11) is 0. The van der Waals surface area contributed by atoms with Crippen LogP contribution in [0.1, 0.15) is 5.56 Å². The molecule has 1 heterocycles. The Morgan fingerprint density at radius 2 is 1.70 bits per heavy atom. The van der Waals surface area contributed by atoms with Gasteiger partial charge in [0, 0.05) is 25.2 Å². The van der Waals surface area contributed by atoms with Gasteiger partial charge in [0.2, 0.25) is 0 Å². The van der Waals surface area contributed by atoms with E-state index in [9.17, 15) is 5.11 Å². The lowest BCUT2D eigenvalue weighted by molar-refractivity contribution is 0.0339. The summed E-state index contributed by atoms with van der Waals surface area (Å²) in [5, 5.41) is 10.1. The highest BCUT2D eigenvalue weighted by molar-refractivity contribution is 5.65. The minimum Gasteiger partial charge on any atom is -0.508 e. The van der Waals surface area contributed by atoms with Crippen molar-refractivity contribution in [1.82, 2.24) is 4.90 Å². The SMILES string of the molecule is Oc1ccc(-c2ccccc2)cc1CN1CCOCC1. The molecule has 3 nitrogen and oxygen atoms in total. The smallest absolute Gasteiger partial charge is 0.120 e. The van der Waals surface area contributed by atoms with Gasteiger partial charge in [-0.15, -0.1) is 0 Å². The van der Waals surface area contributed by atoms with E-state index >= 15 is 0 Å². The van der Waals surface area contributed by atoms with E-state index < -0.39 is 0 Å². The van der Waals surface area contributed by atoms with Crippen molar-refractivity contribution >= 4 is 0 Å².